The number of benzene rings is 1. The lowest BCUT2D eigenvalue weighted by Crippen LogP contribution is -2.09. The molecule has 1 fully saturated rings. The predicted molar refractivity (Wildman–Crippen MR) is 127 cm³/mol. The maximum Gasteiger partial charge on any atom is 0.142 e. The minimum absolute atomic E-state index is 0.198. The van der Waals surface area contributed by atoms with E-state index in [1.807, 2.05) is 35.5 Å². The molecule has 3 aromatic heterocycles. The molecule has 0 amide bonds. The van der Waals surface area contributed by atoms with Crippen LogP contribution in [0.1, 0.15) is 41.1 Å². The van der Waals surface area contributed by atoms with Crippen LogP contribution < -0.4 is 4.74 Å². The predicted octanol–water partition coefficient (Wildman–Crippen LogP) is 5.56. The standard InChI is InChI=1S/C25H25BrFN5O/c1-16-7-23(8-19-11-29-31(14-19)13-18-3-4-18)32(30-16)24-6-5-22(27)9-20(24)15-33-25-10-21(26)12-28-17(25)2/h5-7,9-12,14,18H,3-4,8,13,15H2,1-2H3. The van der Waals surface area contributed by atoms with Crippen molar-refractivity contribution in [1.82, 2.24) is 24.5 Å². The zero-order valence-electron chi connectivity index (χ0n) is 18.6. The van der Waals surface area contributed by atoms with Gasteiger partial charge in [-0.05, 0) is 84.4 Å². The maximum atomic E-state index is 14.2. The van der Waals surface area contributed by atoms with Gasteiger partial charge in [0.2, 0.25) is 0 Å². The SMILES string of the molecule is Cc1cc(Cc2cnn(CC3CC3)c2)n(-c2ccc(F)cc2COc2cc(Br)cnc2C)n1. The van der Waals surface area contributed by atoms with Crippen molar-refractivity contribution in [2.45, 2.75) is 46.3 Å². The van der Waals surface area contributed by atoms with Crippen LogP contribution in [0.15, 0.2) is 53.4 Å². The van der Waals surface area contributed by atoms with Gasteiger partial charge in [0.1, 0.15) is 18.2 Å². The largest absolute Gasteiger partial charge is 0.487 e. The number of halogens is 2. The Hall–Kier alpha value is -3.00. The van der Waals surface area contributed by atoms with Crippen LogP contribution in [0, 0.1) is 25.6 Å². The molecule has 4 aromatic rings. The first-order valence-electron chi connectivity index (χ1n) is 11.1. The van der Waals surface area contributed by atoms with Crippen molar-refractivity contribution in [3.63, 3.8) is 0 Å². The number of ether oxygens (including phenoxy) is 1. The number of rotatable bonds is 8. The Morgan fingerprint density at radius 3 is 2.82 bits per heavy atom. The van der Waals surface area contributed by atoms with E-state index < -0.39 is 0 Å². The molecule has 0 saturated heterocycles. The fourth-order valence-electron chi connectivity index (χ4n) is 3.93. The highest BCUT2D eigenvalue weighted by Crippen LogP contribution is 2.30. The third-order valence-electron chi connectivity index (χ3n) is 5.78. The Morgan fingerprint density at radius 2 is 2.00 bits per heavy atom. The summed E-state index contributed by atoms with van der Waals surface area (Å²) >= 11 is 3.42. The number of aromatic nitrogens is 5. The van der Waals surface area contributed by atoms with Crippen LogP contribution in [0.2, 0.25) is 0 Å². The fraction of sp³-hybridized carbons (Fsp3) is 0.320. The third kappa shape index (κ3) is 5.16. The first kappa shape index (κ1) is 21.8. The van der Waals surface area contributed by atoms with Crippen LogP contribution in [0.5, 0.6) is 5.75 Å². The Labute approximate surface area is 200 Å². The highest BCUT2D eigenvalue weighted by atomic mass is 79.9. The zero-order chi connectivity index (χ0) is 22.9. The average molecular weight is 510 g/mol. The van der Waals surface area contributed by atoms with E-state index in [-0.39, 0.29) is 12.4 Å². The Balaban J connectivity index is 1.42. The Kier molecular flexibility index (Phi) is 6.01. The molecule has 0 spiro atoms. The van der Waals surface area contributed by atoms with Crippen molar-refractivity contribution in [3.8, 4) is 11.4 Å². The van der Waals surface area contributed by atoms with E-state index in [1.165, 1.54) is 25.0 Å². The summed E-state index contributed by atoms with van der Waals surface area (Å²) in [6, 6.07) is 8.65. The third-order valence-corrected chi connectivity index (χ3v) is 6.21. The van der Waals surface area contributed by atoms with Gasteiger partial charge in [-0.1, -0.05) is 0 Å². The van der Waals surface area contributed by atoms with Gasteiger partial charge in [0, 0.05) is 41.1 Å². The van der Waals surface area contributed by atoms with Crippen molar-refractivity contribution < 1.29 is 9.13 Å². The van der Waals surface area contributed by atoms with E-state index in [0.29, 0.717) is 17.7 Å². The second-order valence-electron chi connectivity index (χ2n) is 8.68. The quantitative estimate of drug-likeness (QED) is 0.312. The van der Waals surface area contributed by atoms with Crippen molar-refractivity contribution in [2.75, 3.05) is 0 Å². The molecule has 6 nitrogen and oxygen atoms in total. The van der Waals surface area contributed by atoms with Gasteiger partial charge in [-0.15, -0.1) is 0 Å². The first-order valence-corrected chi connectivity index (χ1v) is 11.8. The number of pyridine rings is 1. The molecule has 0 radical (unpaired) electrons. The first-order chi connectivity index (χ1) is 15.9. The van der Waals surface area contributed by atoms with E-state index >= 15 is 0 Å². The van der Waals surface area contributed by atoms with E-state index in [2.05, 4.69) is 38.3 Å². The molecule has 8 heteroatoms. The van der Waals surface area contributed by atoms with Crippen LogP contribution >= 0.6 is 15.9 Å². The summed E-state index contributed by atoms with van der Waals surface area (Å²) in [7, 11) is 0. The van der Waals surface area contributed by atoms with E-state index in [9.17, 15) is 4.39 Å². The summed E-state index contributed by atoms with van der Waals surface area (Å²) in [5.74, 6) is 1.11. The summed E-state index contributed by atoms with van der Waals surface area (Å²) in [4.78, 5) is 4.31. The molecule has 0 atom stereocenters. The molecule has 0 N–H and O–H groups in total. The monoisotopic (exact) mass is 509 g/mol. The van der Waals surface area contributed by atoms with Gasteiger partial charge in [0.25, 0.3) is 0 Å². The molecule has 1 aromatic carbocycles. The smallest absolute Gasteiger partial charge is 0.142 e. The van der Waals surface area contributed by atoms with Crippen molar-refractivity contribution in [3.05, 3.63) is 87.4 Å². The number of hydrogen-bond donors (Lipinski definition) is 0. The number of nitrogens with zero attached hydrogens (tertiary/aromatic N) is 5. The van der Waals surface area contributed by atoms with Crippen LogP contribution in [-0.2, 0) is 19.6 Å². The summed E-state index contributed by atoms with van der Waals surface area (Å²) in [6.45, 7) is 5.03. The second-order valence-corrected chi connectivity index (χ2v) is 9.59. The summed E-state index contributed by atoms with van der Waals surface area (Å²) in [5.41, 5.74) is 5.33. The highest BCUT2D eigenvalue weighted by Gasteiger charge is 2.22. The molecule has 1 aliphatic carbocycles. The lowest BCUT2D eigenvalue weighted by atomic mass is 10.1. The molecule has 0 bridgehead atoms. The molecule has 170 valence electrons. The van der Waals surface area contributed by atoms with Gasteiger partial charge in [-0.2, -0.15) is 10.2 Å². The molecule has 3 heterocycles. The van der Waals surface area contributed by atoms with Crippen molar-refractivity contribution >= 4 is 15.9 Å². The van der Waals surface area contributed by atoms with Crippen LogP contribution in [0.25, 0.3) is 5.69 Å². The van der Waals surface area contributed by atoms with Gasteiger partial charge in [-0.25, -0.2) is 9.07 Å². The van der Waals surface area contributed by atoms with Gasteiger partial charge in [0.05, 0.1) is 23.3 Å². The molecule has 5 rings (SSSR count). The summed E-state index contributed by atoms with van der Waals surface area (Å²) < 4.78 is 24.9. The minimum atomic E-state index is -0.312. The molecular formula is C25H25BrFN5O. The molecular weight excluding hydrogens is 485 g/mol. The molecule has 0 aliphatic heterocycles. The molecule has 33 heavy (non-hydrogen) atoms. The molecule has 1 aliphatic rings. The highest BCUT2D eigenvalue weighted by molar-refractivity contribution is 9.10. The molecule has 0 unspecified atom stereocenters. The average Bonchev–Trinajstić information content (AvgIpc) is 3.37. The summed E-state index contributed by atoms with van der Waals surface area (Å²) in [6.07, 6.45) is 9.05. The van der Waals surface area contributed by atoms with Crippen molar-refractivity contribution in [1.29, 1.82) is 0 Å². The van der Waals surface area contributed by atoms with E-state index in [1.54, 1.807) is 12.3 Å². The van der Waals surface area contributed by atoms with Gasteiger partial charge in [-0.3, -0.25) is 9.67 Å². The zero-order valence-corrected chi connectivity index (χ0v) is 20.2. The Bertz CT molecular complexity index is 1290. The molecule has 1 saturated carbocycles. The Morgan fingerprint density at radius 1 is 1.15 bits per heavy atom. The second kappa shape index (κ2) is 9.09. The summed E-state index contributed by atoms with van der Waals surface area (Å²) in [5, 5.41) is 9.23. The lowest BCUT2D eigenvalue weighted by Gasteiger charge is -2.14. The van der Waals surface area contributed by atoms with Crippen LogP contribution in [0.4, 0.5) is 4.39 Å². The number of aryl methyl sites for hydroxylation is 2. The van der Waals surface area contributed by atoms with Gasteiger partial charge in [0.15, 0.2) is 0 Å². The van der Waals surface area contributed by atoms with Gasteiger partial charge < -0.3 is 4.74 Å². The van der Waals surface area contributed by atoms with E-state index in [0.717, 1.165) is 45.3 Å². The van der Waals surface area contributed by atoms with Crippen LogP contribution in [-0.4, -0.2) is 24.5 Å². The van der Waals surface area contributed by atoms with E-state index in [4.69, 9.17) is 9.84 Å². The topological polar surface area (TPSA) is 57.8 Å². The number of hydrogen-bond acceptors (Lipinski definition) is 4. The normalized spacial score (nSPS) is 13.5. The fourth-order valence-corrected chi connectivity index (χ4v) is 4.24. The lowest BCUT2D eigenvalue weighted by molar-refractivity contribution is 0.301. The van der Waals surface area contributed by atoms with Crippen molar-refractivity contribution in [2.24, 2.45) is 5.92 Å². The minimum Gasteiger partial charge on any atom is -0.487 e. The van der Waals surface area contributed by atoms with Crippen LogP contribution in [0.3, 0.4) is 0 Å². The van der Waals surface area contributed by atoms with Gasteiger partial charge >= 0.3 is 0 Å². The maximum absolute atomic E-state index is 14.2.